The molecule has 1 aromatic carbocycles. The Kier molecular flexibility index (Phi) is 4.35. The summed E-state index contributed by atoms with van der Waals surface area (Å²) in [5.41, 5.74) is 0.839. The summed E-state index contributed by atoms with van der Waals surface area (Å²) in [5, 5.41) is 17.2. The highest BCUT2D eigenvalue weighted by Gasteiger charge is 2.12. The van der Waals surface area contributed by atoms with E-state index in [2.05, 4.69) is 4.65 Å². The topological polar surface area (TPSA) is 58.9 Å². The molecule has 5 heteroatoms. The van der Waals surface area contributed by atoms with Crippen molar-refractivity contribution < 1.29 is 19.4 Å². The molecule has 0 atom stereocenters. The van der Waals surface area contributed by atoms with Gasteiger partial charge in [-0.05, 0) is 38.5 Å². The standard InChI is InChI=1S/C11H17BO4/c1-11(2,3)15-8-9-4-6-10(7-5-9)16-12(13)14/h4-7,13-14H,8H2,1-3H3. The van der Waals surface area contributed by atoms with Gasteiger partial charge >= 0.3 is 7.32 Å². The molecule has 0 fully saturated rings. The van der Waals surface area contributed by atoms with Crippen molar-refractivity contribution in [3.8, 4) is 5.75 Å². The molecule has 0 amide bonds. The molecule has 0 aliphatic carbocycles. The van der Waals surface area contributed by atoms with Crippen LogP contribution in [0.3, 0.4) is 0 Å². The molecule has 0 saturated heterocycles. The smallest absolute Gasteiger partial charge is 0.512 e. The zero-order valence-electron chi connectivity index (χ0n) is 9.80. The van der Waals surface area contributed by atoms with Crippen LogP contribution in [-0.4, -0.2) is 23.0 Å². The molecule has 4 nitrogen and oxygen atoms in total. The van der Waals surface area contributed by atoms with Gasteiger partial charge in [-0.2, -0.15) is 0 Å². The Morgan fingerprint density at radius 2 is 1.69 bits per heavy atom. The Hall–Kier alpha value is -1.04. The second-order valence-corrected chi connectivity index (χ2v) is 4.49. The van der Waals surface area contributed by atoms with Crippen LogP contribution in [0.2, 0.25) is 0 Å². The van der Waals surface area contributed by atoms with Gasteiger partial charge in [-0.15, -0.1) is 0 Å². The molecule has 0 radical (unpaired) electrons. The Balaban J connectivity index is 2.51. The lowest BCUT2D eigenvalue weighted by Crippen LogP contribution is -2.20. The maximum absolute atomic E-state index is 8.59. The highest BCUT2D eigenvalue weighted by atomic mass is 16.6. The van der Waals surface area contributed by atoms with E-state index in [1.807, 2.05) is 32.9 Å². The van der Waals surface area contributed by atoms with E-state index in [9.17, 15) is 0 Å². The Bertz CT molecular complexity index is 316. The minimum absolute atomic E-state index is 0.170. The Morgan fingerprint density at radius 3 is 2.12 bits per heavy atom. The number of ether oxygens (including phenoxy) is 1. The molecular formula is C11H17BO4. The van der Waals surface area contributed by atoms with Gasteiger partial charge in [0.25, 0.3) is 0 Å². The molecular weight excluding hydrogens is 207 g/mol. The molecule has 0 aromatic heterocycles. The molecule has 1 rings (SSSR count). The predicted molar refractivity (Wildman–Crippen MR) is 61.8 cm³/mol. The number of hydrogen-bond acceptors (Lipinski definition) is 4. The summed E-state index contributed by atoms with van der Waals surface area (Å²) in [6, 6.07) is 6.98. The fraction of sp³-hybridized carbons (Fsp3) is 0.455. The molecule has 0 heterocycles. The molecule has 0 unspecified atom stereocenters. The molecule has 0 saturated carbocycles. The highest BCUT2D eigenvalue weighted by Crippen LogP contribution is 2.15. The molecule has 0 aliphatic heterocycles. The fourth-order valence-electron chi connectivity index (χ4n) is 1.09. The quantitative estimate of drug-likeness (QED) is 0.758. The molecule has 0 spiro atoms. The second kappa shape index (κ2) is 5.34. The summed E-state index contributed by atoms with van der Waals surface area (Å²) in [6.07, 6.45) is 0. The van der Waals surface area contributed by atoms with Gasteiger partial charge < -0.3 is 19.4 Å². The van der Waals surface area contributed by atoms with Crippen LogP contribution in [0.15, 0.2) is 24.3 Å². The molecule has 1 aromatic rings. The lowest BCUT2D eigenvalue weighted by molar-refractivity contribution is -0.0149. The third-order valence-corrected chi connectivity index (χ3v) is 1.84. The predicted octanol–water partition coefficient (Wildman–Crippen LogP) is 1.35. The lowest BCUT2D eigenvalue weighted by atomic mass is 10.1. The molecule has 2 N–H and O–H groups in total. The molecule has 0 aliphatic rings. The number of benzene rings is 1. The van der Waals surface area contributed by atoms with E-state index < -0.39 is 7.32 Å². The van der Waals surface area contributed by atoms with Crippen LogP contribution in [0, 0.1) is 0 Å². The highest BCUT2D eigenvalue weighted by molar-refractivity contribution is 6.33. The molecule has 0 bridgehead atoms. The van der Waals surface area contributed by atoms with Crippen LogP contribution >= 0.6 is 0 Å². The summed E-state index contributed by atoms with van der Waals surface area (Å²) in [7, 11) is -1.78. The fourth-order valence-corrected chi connectivity index (χ4v) is 1.09. The van der Waals surface area contributed by atoms with E-state index in [1.165, 1.54) is 0 Å². The van der Waals surface area contributed by atoms with Gasteiger partial charge in [0.15, 0.2) is 0 Å². The number of hydrogen-bond donors (Lipinski definition) is 2. The summed E-state index contributed by atoms with van der Waals surface area (Å²) in [6.45, 7) is 6.50. The van der Waals surface area contributed by atoms with Crippen LogP contribution < -0.4 is 4.65 Å². The van der Waals surface area contributed by atoms with Gasteiger partial charge in [0.05, 0.1) is 12.2 Å². The third-order valence-electron chi connectivity index (χ3n) is 1.84. The minimum Gasteiger partial charge on any atom is -0.512 e. The van der Waals surface area contributed by atoms with Crippen LogP contribution in [0.5, 0.6) is 5.75 Å². The van der Waals surface area contributed by atoms with Gasteiger partial charge in [0, 0.05) is 0 Å². The Labute approximate surface area is 96.0 Å². The molecule has 16 heavy (non-hydrogen) atoms. The minimum atomic E-state index is -1.78. The Morgan fingerprint density at radius 1 is 1.12 bits per heavy atom. The van der Waals surface area contributed by atoms with Crippen molar-refractivity contribution in [3.05, 3.63) is 29.8 Å². The van der Waals surface area contributed by atoms with Gasteiger partial charge in [-0.1, -0.05) is 12.1 Å². The van der Waals surface area contributed by atoms with Gasteiger partial charge in [-0.25, -0.2) is 0 Å². The third kappa shape index (κ3) is 5.16. The number of rotatable bonds is 4. The van der Waals surface area contributed by atoms with Gasteiger partial charge in [0.1, 0.15) is 5.75 Å². The maximum atomic E-state index is 8.59. The second-order valence-electron chi connectivity index (χ2n) is 4.49. The zero-order valence-corrected chi connectivity index (χ0v) is 9.80. The summed E-state index contributed by atoms with van der Waals surface area (Å²) < 4.78 is 10.3. The van der Waals surface area contributed by atoms with Crippen LogP contribution in [0.1, 0.15) is 26.3 Å². The van der Waals surface area contributed by atoms with E-state index in [1.54, 1.807) is 12.1 Å². The average molecular weight is 224 g/mol. The monoisotopic (exact) mass is 224 g/mol. The maximum Gasteiger partial charge on any atom is 0.707 e. The van der Waals surface area contributed by atoms with Crippen LogP contribution in [0.25, 0.3) is 0 Å². The van der Waals surface area contributed by atoms with Crippen molar-refractivity contribution in [3.63, 3.8) is 0 Å². The van der Waals surface area contributed by atoms with Gasteiger partial charge in [0.2, 0.25) is 0 Å². The van der Waals surface area contributed by atoms with Crippen molar-refractivity contribution in [2.24, 2.45) is 0 Å². The first-order valence-electron chi connectivity index (χ1n) is 5.12. The summed E-state index contributed by atoms with van der Waals surface area (Å²) in [5.74, 6) is 0.412. The summed E-state index contributed by atoms with van der Waals surface area (Å²) >= 11 is 0. The normalized spacial score (nSPS) is 11.3. The van der Waals surface area contributed by atoms with Crippen molar-refractivity contribution in [1.82, 2.24) is 0 Å². The van der Waals surface area contributed by atoms with Crippen LogP contribution in [-0.2, 0) is 11.3 Å². The zero-order chi connectivity index (χ0) is 12.2. The first kappa shape index (κ1) is 13.0. The first-order valence-corrected chi connectivity index (χ1v) is 5.12. The van der Waals surface area contributed by atoms with E-state index in [4.69, 9.17) is 14.8 Å². The SMILES string of the molecule is CC(C)(C)OCc1ccc(OB(O)O)cc1. The van der Waals surface area contributed by atoms with Crippen molar-refractivity contribution >= 4 is 7.32 Å². The first-order chi connectivity index (χ1) is 7.37. The lowest BCUT2D eigenvalue weighted by Gasteiger charge is -2.19. The van der Waals surface area contributed by atoms with Crippen LogP contribution in [0.4, 0.5) is 0 Å². The van der Waals surface area contributed by atoms with E-state index in [-0.39, 0.29) is 5.60 Å². The average Bonchev–Trinajstić information content (AvgIpc) is 2.14. The van der Waals surface area contributed by atoms with Gasteiger partial charge in [-0.3, -0.25) is 0 Å². The molecule has 88 valence electrons. The summed E-state index contributed by atoms with van der Waals surface area (Å²) in [4.78, 5) is 0. The van der Waals surface area contributed by atoms with Crippen molar-refractivity contribution in [1.29, 1.82) is 0 Å². The largest absolute Gasteiger partial charge is 0.707 e. The van der Waals surface area contributed by atoms with E-state index in [0.29, 0.717) is 12.4 Å². The van der Waals surface area contributed by atoms with Crippen molar-refractivity contribution in [2.75, 3.05) is 0 Å². The van der Waals surface area contributed by atoms with E-state index in [0.717, 1.165) is 5.56 Å². The van der Waals surface area contributed by atoms with E-state index >= 15 is 0 Å². The van der Waals surface area contributed by atoms with Crippen molar-refractivity contribution in [2.45, 2.75) is 33.0 Å².